The van der Waals surface area contributed by atoms with E-state index in [2.05, 4.69) is 0 Å². The van der Waals surface area contributed by atoms with E-state index in [9.17, 15) is 22.2 Å². The van der Waals surface area contributed by atoms with E-state index in [1.54, 1.807) is 0 Å². The number of hydrogen-bond acceptors (Lipinski definition) is 7. The normalized spacial score (nSPS) is 24.8. The van der Waals surface area contributed by atoms with Gasteiger partial charge in [0, 0.05) is 5.92 Å². The summed E-state index contributed by atoms with van der Waals surface area (Å²) in [6.45, 7) is 3.17. The van der Waals surface area contributed by atoms with Crippen molar-refractivity contribution < 1.29 is 36.4 Å². The smallest absolute Gasteiger partial charge is 0.338 e. The third-order valence-corrected chi connectivity index (χ3v) is 5.77. The van der Waals surface area contributed by atoms with Crippen molar-refractivity contribution in [2.75, 3.05) is 12.4 Å². The Kier molecular flexibility index (Phi) is 5.47. The Balaban J connectivity index is 1.68. The van der Waals surface area contributed by atoms with E-state index in [0.29, 0.717) is 0 Å². The van der Waals surface area contributed by atoms with Gasteiger partial charge in [0.05, 0.1) is 33.6 Å². The Morgan fingerprint density at radius 1 is 1.37 bits per heavy atom. The summed E-state index contributed by atoms with van der Waals surface area (Å²) in [5.74, 6) is -2.27. The molecular weight excluding hydrogens is 379 g/mol. The van der Waals surface area contributed by atoms with Gasteiger partial charge in [-0.2, -0.15) is 0 Å². The second kappa shape index (κ2) is 7.37. The lowest BCUT2D eigenvalue weighted by molar-refractivity contribution is -0.000291. The molecule has 7 nitrogen and oxygen atoms in total. The highest BCUT2D eigenvalue weighted by Gasteiger charge is 2.49. The Labute approximate surface area is 157 Å². The summed E-state index contributed by atoms with van der Waals surface area (Å²) in [6, 6.07) is 3.52. The van der Waals surface area contributed by atoms with Crippen molar-refractivity contribution in [3.8, 4) is 5.75 Å². The van der Waals surface area contributed by atoms with E-state index in [4.69, 9.17) is 14.2 Å². The van der Waals surface area contributed by atoms with Crippen LogP contribution < -0.4 is 4.74 Å². The molecule has 2 aliphatic rings. The van der Waals surface area contributed by atoms with Gasteiger partial charge in [-0.3, -0.25) is 0 Å². The molecule has 27 heavy (non-hydrogen) atoms. The zero-order valence-corrected chi connectivity index (χ0v) is 16.0. The van der Waals surface area contributed by atoms with Crippen molar-refractivity contribution in [1.82, 2.24) is 0 Å². The molecule has 0 radical (unpaired) electrons. The van der Waals surface area contributed by atoms with Gasteiger partial charge < -0.3 is 18.8 Å². The van der Waals surface area contributed by atoms with Crippen molar-refractivity contribution >= 4 is 16.1 Å². The number of rotatable bonds is 7. The molecule has 2 saturated heterocycles. The van der Waals surface area contributed by atoms with Crippen molar-refractivity contribution in [3.05, 3.63) is 29.6 Å². The van der Waals surface area contributed by atoms with Crippen molar-refractivity contribution in [2.24, 2.45) is 5.92 Å². The summed E-state index contributed by atoms with van der Waals surface area (Å²) < 4.78 is 62.4. The van der Waals surface area contributed by atoms with E-state index < -0.39 is 39.9 Å². The van der Waals surface area contributed by atoms with Crippen LogP contribution in [0.2, 0.25) is 0 Å². The number of benzene rings is 1. The number of esters is 1. The molecule has 2 aliphatic heterocycles. The molecule has 1 aromatic carbocycles. The highest BCUT2D eigenvalue weighted by atomic mass is 32.2. The van der Waals surface area contributed by atoms with Crippen LogP contribution in [0.5, 0.6) is 5.75 Å². The van der Waals surface area contributed by atoms with Crippen LogP contribution in [0.3, 0.4) is 0 Å². The molecule has 1 aromatic rings. The van der Waals surface area contributed by atoms with E-state index in [0.717, 1.165) is 25.3 Å². The molecule has 0 aliphatic carbocycles. The molecule has 2 bridgehead atoms. The van der Waals surface area contributed by atoms with E-state index >= 15 is 0 Å². The summed E-state index contributed by atoms with van der Waals surface area (Å²) in [6.07, 6.45) is 3.16. The van der Waals surface area contributed by atoms with Gasteiger partial charge >= 0.3 is 5.97 Å². The van der Waals surface area contributed by atoms with E-state index in [1.165, 1.54) is 12.1 Å². The van der Waals surface area contributed by atoms with Gasteiger partial charge in [-0.15, -0.1) is 0 Å². The highest BCUT2D eigenvalue weighted by Crippen LogP contribution is 2.45. The minimum Gasteiger partial charge on any atom is -0.748 e. The van der Waals surface area contributed by atoms with Gasteiger partial charge in [-0.1, -0.05) is 0 Å². The van der Waals surface area contributed by atoms with Crippen LogP contribution in [-0.4, -0.2) is 49.1 Å². The fraction of sp³-hybridized carbons (Fsp3) is 0.611. The number of fused-ring (bicyclic) bond motifs is 2. The third-order valence-electron chi connectivity index (χ3n) is 5.11. The number of halogens is 1. The van der Waals surface area contributed by atoms with Crippen LogP contribution in [0.4, 0.5) is 4.39 Å². The third kappa shape index (κ3) is 4.77. The highest BCUT2D eigenvalue weighted by molar-refractivity contribution is 7.85. The number of ether oxygens (including phenoxy) is 3. The van der Waals surface area contributed by atoms with Crippen LogP contribution >= 0.6 is 0 Å². The SMILES string of the molecule is CC(C)(Oc1cc(C(=O)OCCS(=O)(=O)[O-])ccc1F)C1CC2CCC1O2. The molecule has 2 fully saturated rings. The molecule has 3 unspecified atom stereocenters. The molecule has 0 spiro atoms. The Morgan fingerprint density at radius 2 is 2.11 bits per heavy atom. The molecule has 3 atom stereocenters. The fourth-order valence-electron chi connectivity index (χ4n) is 3.76. The van der Waals surface area contributed by atoms with Crippen molar-refractivity contribution in [2.45, 2.75) is 50.9 Å². The first kappa shape index (κ1) is 20.0. The summed E-state index contributed by atoms with van der Waals surface area (Å²) >= 11 is 0. The first-order chi connectivity index (χ1) is 12.5. The van der Waals surface area contributed by atoms with Crippen molar-refractivity contribution in [3.63, 3.8) is 0 Å². The standard InChI is InChI=1S/C18H23FO7S/c1-18(2,13-10-12-4-6-15(13)25-12)26-16-9-11(3-5-14(16)19)17(20)24-7-8-27(21,22)23/h3,5,9,12-13,15H,4,6-8,10H2,1-2H3,(H,21,22,23)/p-1. The molecule has 0 aromatic heterocycles. The lowest BCUT2D eigenvalue weighted by Gasteiger charge is -2.36. The predicted octanol–water partition coefficient (Wildman–Crippen LogP) is 2.25. The molecular formula is C18H22FO7S-. The lowest BCUT2D eigenvalue weighted by atomic mass is 9.78. The zero-order chi connectivity index (χ0) is 19.8. The molecule has 150 valence electrons. The van der Waals surface area contributed by atoms with Gasteiger partial charge in [0.15, 0.2) is 11.6 Å². The van der Waals surface area contributed by atoms with Gasteiger partial charge in [0.25, 0.3) is 0 Å². The fourth-order valence-corrected chi connectivity index (χ4v) is 4.04. The van der Waals surface area contributed by atoms with Gasteiger partial charge in [0.1, 0.15) is 12.2 Å². The largest absolute Gasteiger partial charge is 0.748 e. The minimum atomic E-state index is -4.48. The second-order valence-electron chi connectivity index (χ2n) is 7.46. The topological polar surface area (TPSA) is 102 Å². The molecule has 3 rings (SSSR count). The van der Waals surface area contributed by atoms with Crippen LogP contribution in [0.25, 0.3) is 0 Å². The average molecular weight is 401 g/mol. The Morgan fingerprint density at radius 3 is 2.70 bits per heavy atom. The maximum atomic E-state index is 14.2. The van der Waals surface area contributed by atoms with Gasteiger partial charge in [-0.25, -0.2) is 17.6 Å². The zero-order valence-electron chi connectivity index (χ0n) is 15.1. The van der Waals surface area contributed by atoms with Crippen LogP contribution in [0, 0.1) is 11.7 Å². The maximum Gasteiger partial charge on any atom is 0.338 e. The maximum absolute atomic E-state index is 14.2. The van der Waals surface area contributed by atoms with E-state index in [1.807, 2.05) is 13.8 Å². The molecule has 0 N–H and O–H groups in total. The molecule has 0 amide bonds. The summed E-state index contributed by atoms with van der Waals surface area (Å²) in [5.41, 5.74) is -0.686. The minimum absolute atomic E-state index is 0.00897. The van der Waals surface area contributed by atoms with Crippen molar-refractivity contribution in [1.29, 1.82) is 0 Å². The Hall–Kier alpha value is -1.71. The van der Waals surface area contributed by atoms with Gasteiger partial charge in [0.2, 0.25) is 0 Å². The van der Waals surface area contributed by atoms with Crippen LogP contribution in [-0.2, 0) is 19.6 Å². The molecule has 0 saturated carbocycles. The summed E-state index contributed by atoms with van der Waals surface area (Å²) in [5, 5.41) is 0. The lowest BCUT2D eigenvalue weighted by Crippen LogP contribution is -2.42. The summed E-state index contributed by atoms with van der Waals surface area (Å²) in [7, 11) is -4.48. The summed E-state index contributed by atoms with van der Waals surface area (Å²) in [4.78, 5) is 12.0. The van der Waals surface area contributed by atoms with Crippen LogP contribution in [0.1, 0.15) is 43.5 Å². The average Bonchev–Trinajstić information content (AvgIpc) is 3.19. The first-order valence-corrected chi connectivity index (χ1v) is 10.4. The number of carbonyl (C=O) groups excluding carboxylic acids is 1. The number of hydrogen-bond donors (Lipinski definition) is 0. The Bertz CT molecular complexity index is 821. The van der Waals surface area contributed by atoms with Crippen LogP contribution in [0.15, 0.2) is 18.2 Å². The second-order valence-corrected chi connectivity index (χ2v) is 8.99. The number of carbonyl (C=O) groups is 1. The van der Waals surface area contributed by atoms with E-state index in [-0.39, 0.29) is 29.4 Å². The first-order valence-electron chi connectivity index (χ1n) is 8.80. The molecule has 2 heterocycles. The van der Waals surface area contributed by atoms with Gasteiger partial charge in [-0.05, 0) is 51.3 Å². The predicted molar refractivity (Wildman–Crippen MR) is 92.0 cm³/mol. The monoisotopic (exact) mass is 401 g/mol. The quantitative estimate of drug-likeness (QED) is 0.510. The molecule has 9 heteroatoms.